The van der Waals surface area contributed by atoms with E-state index < -0.39 is 0 Å². The second-order valence-corrected chi connectivity index (χ2v) is 7.03. The van der Waals surface area contributed by atoms with Crippen LogP contribution < -0.4 is 5.32 Å². The number of thioether (sulfide) groups is 1. The van der Waals surface area contributed by atoms with Crippen molar-refractivity contribution in [3.05, 3.63) is 0 Å². The summed E-state index contributed by atoms with van der Waals surface area (Å²) in [5.41, 5.74) is 0. The van der Waals surface area contributed by atoms with Crippen molar-refractivity contribution in [2.75, 3.05) is 25.9 Å². The molecule has 2 fully saturated rings. The second kappa shape index (κ2) is 7.76. The Bertz CT molecular complexity index is 227. The van der Waals surface area contributed by atoms with Gasteiger partial charge in [-0.15, -0.1) is 0 Å². The van der Waals surface area contributed by atoms with Gasteiger partial charge in [0.05, 0.1) is 0 Å². The molecule has 1 saturated heterocycles. The maximum atomic E-state index is 3.61. The highest BCUT2D eigenvalue weighted by Crippen LogP contribution is 2.27. The third-order valence-electron chi connectivity index (χ3n) is 4.75. The van der Waals surface area contributed by atoms with Gasteiger partial charge >= 0.3 is 0 Å². The molecule has 0 aromatic carbocycles. The molecule has 1 atom stereocenters. The average molecular weight is 270 g/mol. The second-order valence-electron chi connectivity index (χ2n) is 5.89. The number of hydrogen-bond acceptors (Lipinski definition) is 3. The molecule has 1 N–H and O–H groups in total. The summed E-state index contributed by atoms with van der Waals surface area (Å²) in [6.45, 7) is 6.06. The highest BCUT2D eigenvalue weighted by Gasteiger charge is 2.27. The van der Waals surface area contributed by atoms with Crippen LogP contribution in [0.1, 0.15) is 51.9 Å². The van der Waals surface area contributed by atoms with Crippen molar-refractivity contribution >= 4 is 11.8 Å². The summed E-state index contributed by atoms with van der Waals surface area (Å²) in [4.78, 5) is 2.80. The first-order chi connectivity index (χ1) is 8.83. The zero-order valence-corrected chi connectivity index (χ0v) is 13.0. The van der Waals surface area contributed by atoms with E-state index in [9.17, 15) is 0 Å². The maximum Gasteiger partial charge on any atom is 0.00964 e. The Morgan fingerprint density at radius 3 is 2.50 bits per heavy atom. The predicted octanol–water partition coefficient (Wildman–Crippen LogP) is 3.12. The van der Waals surface area contributed by atoms with Crippen molar-refractivity contribution in [1.29, 1.82) is 0 Å². The monoisotopic (exact) mass is 270 g/mol. The van der Waals surface area contributed by atoms with E-state index in [1.54, 1.807) is 0 Å². The molecule has 0 aromatic rings. The summed E-state index contributed by atoms with van der Waals surface area (Å²) >= 11 is 2.08. The van der Waals surface area contributed by atoms with Gasteiger partial charge in [0, 0.05) is 17.3 Å². The van der Waals surface area contributed by atoms with Crippen LogP contribution in [0.25, 0.3) is 0 Å². The molecule has 18 heavy (non-hydrogen) atoms. The molecule has 1 aliphatic heterocycles. The van der Waals surface area contributed by atoms with Gasteiger partial charge in [0.2, 0.25) is 0 Å². The fraction of sp³-hybridized carbons (Fsp3) is 1.00. The van der Waals surface area contributed by atoms with Crippen LogP contribution >= 0.6 is 11.8 Å². The SMILES string of the molecule is CCNC1CCC(N2CCCC(SC)CC2)CC1. The minimum absolute atomic E-state index is 0.803. The van der Waals surface area contributed by atoms with E-state index in [2.05, 4.69) is 35.2 Å². The molecule has 1 aliphatic carbocycles. The van der Waals surface area contributed by atoms with Gasteiger partial charge in [0.15, 0.2) is 0 Å². The first-order valence-corrected chi connectivity index (χ1v) is 9.12. The fourth-order valence-electron chi connectivity index (χ4n) is 3.62. The lowest BCUT2D eigenvalue weighted by Gasteiger charge is -2.36. The fourth-order valence-corrected chi connectivity index (χ4v) is 4.37. The standard InChI is InChI=1S/C15H30N2S/c1-3-16-13-6-8-14(9-7-13)17-11-4-5-15(18-2)10-12-17/h13-16H,3-12H2,1-2H3. The summed E-state index contributed by atoms with van der Waals surface area (Å²) in [6, 6.07) is 1.69. The summed E-state index contributed by atoms with van der Waals surface area (Å²) in [5.74, 6) is 0. The first-order valence-electron chi connectivity index (χ1n) is 7.83. The summed E-state index contributed by atoms with van der Waals surface area (Å²) < 4.78 is 0. The Morgan fingerprint density at radius 2 is 1.83 bits per heavy atom. The van der Waals surface area contributed by atoms with Gasteiger partial charge in [-0.3, -0.25) is 0 Å². The Balaban J connectivity index is 1.75. The van der Waals surface area contributed by atoms with Gasteiger partial charge < -0.3 is 10.2 Å². The molecule has 1 unspecified atom stereocenters. The lowest BCUT2D eigenvalue weighted by atomic mass is 9.90. The largest absolute Gasteiger partial charge is 0.314 e. The van der Waals surface area contributed by atoms with E-state index in [4.69, 9.17) is 0 Å². The minimum Gasteiger partial charge on any atom is -0.314 e. The number of likely N-dealkylation sites (tertiary alicyclic amines) is 1. The van der Waals surface area contributed by atoms with Crippen LogP contribution in [0, 0.1) is 0 Å². The molecule has 2 aliphatic rings. The van der Waals surface area contributed by atoms with Crippen LogP contribution in [0.2, 0.25) is 0 Å². The molecule has 0 aromatic heterocycles. The topological polar surface area (TPSA) is 15.3 Å². The van der Waals surface area contributed by atoms with E-state index in [0.717, 1.165) is 23.9 Å². The van der Waals surface area contributed by atoms with Gasteiger partial charge in [0.25, 0.3) is 0 Å². The molecule has 2 rings (SSSR count). The van der Waals surface area contributed by atoms with Crippen molar-refractivity contribution in [2.45, 2.75) is 69.2 Å². The van der Waals surface area contributed by atoms with Gasteiger partial charge in [-0.25, -0.2) is 0 Å². The van der Waals surface area contributed by atoms with Crippen molar-refractivity contribution in [2.24, 2.45) is 0 Å². The molecule has 106 valence electrons. The molecule has 1 heterocycles. The molecular formula is C15H30N2S. The van der Waals surface area contributed by atoms with Crippen LogP contribution in [-0.2, 0) is 0 Å². The van der Waals surface area contributed by atoms with Gasteiger partial charge in [-0.1, -0.05) is 6.92 Å². The predicted molar refractivity (Wildman–Crippen MR) is 82.4 cm³/mol. The molecule has 0 amide bonds. The van der Waals surface area contributed by atoms with Crippen LogP contribution in [0.15, 0.2) is 0 Å². The van der Waals surface area contributed by atoms with E-state index in [1.165, 1.54) is 58.0 Å². The molecule has 0 bridgehead atoms. The van der Waals surface area contributed by atoms with Crippen molar-refractivity contribution < 1.29 is 0 Å². The molecular weight excluding hydrogens is 240 g/mol. The van der Waals surface area contributed by atoms with E-state index in [1.807, 2.05) is 0 Å². The molecule has 0 spiro atoms. The van der Waals surface area contributed by atoms with Gasteiger partial charge in [-0.2, -0.15) is 11.8 Å². The maximum absolute atomic E-state index is 3.61. The van der Waals surface area contributed by atoms with Gasteiger partial charge in [-0.05, 0) is 70.8 Å². The molecule has 2 nitrogen and oxygen atoms in total. The minimum atomic E-state index is 0.803. The summed E-state index contributed by atoms with van der Waals surface area (Å²) in [7, 11) is 0. The van der Waals surface area contributed by atoms with Crippen LogP contribution in [-0.4, -0.2) is 48.1 Å². The highest BCUT2D eigenvalue weighted by atomic mass is 32.2. The van der Waals surface area contributed by atoms with Crippen molar-refractivity contribution in [1.82, 2.24) is 10.2 Å². The zero-order valence-electron chi connectivity index (χ0n) is 12.2. The average Bonchev–Trinajstić information content (AvgIpc) is 2.65. The highest BCUT2D eigenvalue weighted by molar-refractivity contribution is 7.99. The van der Waals surface area contributed by atoms with Crippen LogP contribution in [0.3, 0.4) is 0 Å². The molecule has 1 saturated carbocycles. The summed E-state index contributed by atoms with van der Waals surface area (Å²) in [5, 5.41) is 4.54. The van der Waals surface area contributed by atoms with Crippen molar-refractivity contribution in [3.63, 3.8) is 0 Å². The Morgan fingerprint density at radius 1 is 1.06 bits per heavy atom. The zero-order chi connectivity index (χ0) is 12.8. The smallest absolute Gasteiger partial charge is 0.00964 e. The third kappa shape index (κ3) is 4.14. The van der Waals surface area contributed by atoms with E-state index in [-0.39, 0.29) is 0 Å². The number of rotatable bonds is 4. The lowest BCUT2D eigenvalue weighted by Crippen LogP contribution is -2.42. The molecule has 0 radical (unpaired) electrons. The van der Waals surface area contributed by atoms with Crippen LogP contribution in [0.5, 0.6) is 0 Å². The first kappa shape index (κ1) is 14.7. The molecule has 3 heteroatoms. The third-order valence-corrected chi connectivity index (χ3v) is 5.89. The van der Waals surface area contributed by atoms with Crippen molar-refractivity contribution in [3.8, 4) is 0 Å². The quantitative estimate of drug-likeness (QED) is 0.845. The normalized spacial score (nSPS) is 35.3. The van der Waals surface area contributed by atoms with Gasteiger partial charge in [0.1, 0.15) is 0 Å². The summed E-state index contributed by atoms with van der Waals surface area (Å²) in [6.07, 6.45) is 12.2. The van der Waals surface area contributed by atoms with E-state index in [0.29, 0.717) is 0 Å². The Kier molecular flexibility index (Phi) is 6.33. The number of nitrogens with one attached hydrogen (secondary N) is 1. The van der Waals surface area contributed by atoms with Crippen LogP contribution in [0.4, 0.5) is 0 Å². The Labute approximate surface area is 117 Å². The number of nitrogens with zero attached hydrogens (tertiary/aromatic N) is 1. The Hall–Kier alpha value is 0.270. The van der Waals surface area contributed by atoms with E-state index >= 15 is 0 Å². The number of hydrogen-bond donors (Lipinski definition) is 1. The lowest BCUT2D eigenvalue weighted by molar-refractivity contribution is 0.148.